The Bertz CT molecular complexity index is 559. The minimum absolute atomic E-state index is 0.111. The van der Waals surface area contributed by atoms with Gasteiger partial charge in [0, 0.05) is 24.3 Å². The number of aliphatic carboxylic acids is 1. The number of aryl methyl sites for hydroxylation is 1. The van der Waals surface area contributed by atoms with Crippen molar-refractivity contribution in [2.24, 2.45) is 11.3 Å². The average molecular weight is 309 g/mol. The lowest BCUT2D eigenvalue weighted by atomic mass is 9.94. The summed E-state index contributed by atoms with van der Waals surface area (Å²) in [7, 11) is 0. The zero-order chi connectivity index (χ0) is 17.1. The molecule has 0 spiro atoms. The number of rotatable bonds is 7. The molecule has 6 heteroatoms. The molecular weight excluding hydrogens is 282 g/mol. The number of amides is 1. The fourth-order valence-electron chi connectivity index (χ4n) is 2.13. The first-order valence-corrected chi connectivity index (χ1v) is 7.57. The quantitative estimate of drug-likeness (QED) is 0.806. The number of carbonyl (C=O) groups excluding carboxylic acids is 1. The summed E-state index contributed by atoms with van der Waals surface area (Å²) in [6.45, 7) is 12.2. The van der Waals surface area contributed by atoms with Crippen molar-refractivity contribution in [1.82, 2.24) is 15.1 Å². The van der Waals surface area contributed by atoms with E-state index in [0.717, 1.165) is 23.5 Å². The predicted octanol–water partition coefficient (Wildman–Crippen LogP) is 1.93. The molecule has 0 aromatic carbocycles. The highest BCUT2D eigenvalue weighted by Crippen LogP contribution is 2.16. The van der Waals surface area contributed by atoms with Crippen molar-refractivity contribution in [2.45, 2.75) is 54.5 Å². The number of nitrogens with zero attached hydrogens (tertiary/aromatic N) is 2. The average Bonchev–Trinajstić information content (AvgIpc) is 2.63. The van der Waals surface area contributed by atoms with Crippen LogP contribution in [0.3, 0.4) is 0 Å². The zero-order valence-corrected chi connectivity index (χ0v) is 14.4. The van der Waals surface area contributed by atoms with Gasteiger partial charge in [-0.3, -0.25) is 14.3 Å². The van der Waals surface area contributed by atoms with E-state index in [1.165, 1.54) is 0 Å². The van der Waals surface area contributed by atoms with E-state index in [-0.39, 0.29) is 18.9 Å². The van der Waals surface area contributed by atoms with Gasteiger partial charge >= 0.3 is 5.97 Å². The fourth-order valence-corrected chi connectivity index (χ4v) is 2.13. The first-order valence-electron chi connectivity index (χ1n) is 7.57. The molecule has 6 nitrogen and oxygen atoms in total. The van der Waals surface area contributed by atoms with Gasteiger partial charge in [0.25, 0.3) is 0 Å². The molecule has 0 fully saturated rings. The largest absolute Gasteiger partial charge is 0.481 e. The lowest BCUT2D eigenvalue weighted by Crippen LogP contribution is -2.39. The van der Waals surface area contributed by atoms with E-state index in [4.69, 9.17) is 5.11 Å². The van der Waals surface area contributed by atoms with E-state index < -0.39 is 11.4 Å². The molecule has 22 heavy (non-hydrogen) atoms. The molecule has 0 aliphatic carbocycles. The van der Waals surface area contributed by atoms with Crippen molar-refractivity contribution in [3.05, 3.63) is 17.0 Å². The van der Waals surface area contributed by atoms with Crippen LogP contribution in [0, 0.1) is 25.2 Å². The Morgan fingerprint density at radius 2 is 1.91 bits per heavy atom. The Morgan fingerprint density at radius 3 is 2.41 bits per heavy atom. The Labute approximate surface area is 131 Å². The number of hydrogen-bond acceptors (Lipinski definition) is 3. The lowest BCUT2D eigenvalue weighted by Gasteiger charge is -2.19. The van der Waals surface area contributed by atoms with Crippen LogP contribution in [0.2, 0.25) is 0 Å². The molecule has 0 radical (unpaired) electrons. The summed E-state index contributed by atoms with van der Waals surface area (Å²) in [5.41, 5.74) is 1.80. The van der Waals surface area contributed by atoms with Gasteiger partial charge in [-0.1, -0.05) is 13.8 Å². The molecule has 0 saturated carbocycles. The number of hydrogen-bond donors (Lipinski definition) is 2. The smallest absolute Gasteiger partial charge is 0.310 e. The maximum Gasteiger partial charge on any atom is 0.310 e. The summed E-state index contributed by atoms with van der Waals surface area (Å²) in [5, 5.41) is 16.2. The first-order chi connectivity index (χ1) is 10.0. The molecular formula is C16H27N3O3. The zero-order valence-electron chi connectivity index (χ0n) is 14.4. The van der Waals surface area contributed by atoms with Crippen molar-refractivity contribution < 1.29 is 14.7 Å². The molecule has 1 rings (SSSR count). The minimum atomic E-state index is -0.971. The van der Waals surface area contributed by atoms with Crippen molar-refractivity contribution >= 4 is 11.9 Å². The molecule has 0 saturated heterocycles. The van der Waals surface area contributed by atoms with Crippen molar-refractivity contribution in [1.29, 1.82) is 0 Å². The van der Waals surface area contributed by atoms with E-state index in [1.54, 1.807) is 13.8 Å². The first kappa shape index (κ1) is 18.2. The van der Waals surface area contributed by atoms with Gasteiger partial charge in [0.05, 0.1) is 17.5 Å². The number of carboxylic acids is 1. The van der Waals surface area contributed by atoms with Crippen molar-refractivity contribution in [3.63, 3.8) is 0 Å². The van der Waals surface area contributed by atoms with Crippen LogP contribution in [0.5, 0.6) is 0 Å². The summed E-state index contributed by atoms with van der Waals surface area (Å²) in [4.78, 5) is 23.1. The van der Waals surface area contributed by atoms with Crippen LogP contribution in [0.1, 0.15) is 44.6 Å². The summed E-state index contributed by atoms with van der Waals surface area (Å²) in [6.07, 6.45) is 0.228. The molecule has 0 atom stereocenters. The molecule has 0 unspecified atom stereocenters. The third-order valence-electron chi connectivity index (χ3n) is 3.71. The summed E-state index contributed by atoms with van der Waals surface area (Å²) in [5.74, 6) is -0.620. The lowest BCUT2D eigenvalue weighted by molar-refractivity contribution is -0.146. The summed E-state index contributed by atoms with van der Waals surface area (Å²) < 4.78 is 1.93. The molecule has 1 aromatic heterocycles. The van der Waals surface area contributed by atoms with Gasteiger partial charge in [0.15, 0.2) is 0 Å². The van der Waals surface area contributed by atoms with Crippen molar-refractivity contribution in [2.75, 3.05) is 6.54 Å². The standard InChI is InChI=1S/C16H27N3O3/c1-10(2)8-19-12(4)13(11(3)18-19)7-14(20)17-9-16(5,6)15(21)22/h10H,7-9H2,1-6H3,(H,17,20)(H,21,22). The van der Waals surface area contributed by atoms with Gasteiger partial charge in [-0.25, -0.2) is 0 Å². The van der Waals surface area contributed by atoms with Gasteiger partial charge in [-0.15, -0.1) is 0 Å². The second kappa shape index (κ2) is 6.94. The predicted molar refractivity (Wildman–Crippen MR) is 84.7 cm³/mol. The van der Waals surface area contributed by atoms with Crippen LogP contribution >= 0.6 is 0 Å². The van der Waals surface area contributed by atoms with Crippen LogP contribution in [-0.4, -0.2) is 33.3 Å². The van der Waals surface area contributed by atoms with Gasteiger partial charge < -0.3 is 10.4 Å². The van der Waals surface area contributed by atoms with Gasteiger partial charge in [0.1, 0.15) is 0 Å². The van der Waals surface area contributed by atoms with Gasteiger partial charge in [0.2, 0.25) is 5.91 Å². The third-order valence-corrected chi connectivity index (χ3v) is 3.71. The highest BCUT2D eigenvalue weighted by Gasteiger charge is 2.27. The highest BCUT2D eigenvalue weighted by atomic mass is 16.4. The molecule has 124 valence electrons. The van der Waals surface area contributed by atoms with E-state index in [9.17, 15) is 9.59 Å². The maximum atomic E-state index is 12.1. The molecule has 0 aliphatic heterocycles. The molecule has 0 bridgehead atoms. The van der Waals surface area contributed by atoms with Gasteiger partial charge in [-0.05, 0) is 33.6 Å². The van der Waals surface area contributed by atoms with E-state index in [1.807, 2.05) is 18.5 Å². The molecule has 0 aliphatic rings. The monoisotopic (exact) mass is 309 g/mol. The van der Waals surface area contributed by atoms with Crippen LogP contribution in [0.25, 0.3) is 0 Å². The van der Waals surface area contributed by atoms with E-state index in [2.05, 4.69) is 24.3 Å². The SMILES string of the molecule is Cc1nn(CC(C)C)c(C)c1CC(=O)NCC(C)(C)C(=O)O. The fraction of sp³-hybridized carbons (Fsp3) is 0.688. The topological polar surface area (TPSA) is 84.2 Å². The Kier molecular flexibility index (Phi) is 5.74. The van der Waals surface area contributed by atoms with Crippen LogP contribution in [0.4, 0.5) is 0 Å². The van der Waals surface area contributed by atoms with Crippen LogP contribution < -0.4 is 5.32 Å². The molecule has 1 aromatic rings. The second-order valence-corrected chi connectivity index (χ2v) is 6.87. The van der Waals surface area contributed by atoms with Crippen LogP contribution in [0.15, 0.2) is 0 Å². The Balaban J connectivity index is 2.73. The second-order valence-electron chi connectivity index (χ2n) is 6.87. The molecule has 2 N–H and O–H groups in total. The highest BCUT2D eigenvalue weighted by molar-refractivity contribution is 5.80. The maximum absolute atomic E-state index is 12.1. The van der Waals surface area contributed by atoms with E-state index >= 15 is 0 Å². The van der Waals surface area contributed by atoms with Crippen molar-refractivity contribution in [3.8, 4) is 0 Å². The van der Waals surface area contributed by atoms with E-state index in [0.29, 0.717) is 5.92 Å². The normalized spacial score (nSPS) is 11.8. The van der Waals surface area contributed by atoms with Gasteiger partial charge in [-0.2, -0.15) is 5.10 Å². The molecule has 1 amide bonds. The summed E-state index contributed by atoms with van der Waals surface area (Å²) >= 11 is 0. The number of carboxylic acid groups (broad SMARTS) is 1. The van der Waals surface area contributed by atoms with Crippen LogP contribution in [-0.2, 0) is 22.6 Å². The summed E-state index contributed by atoms with van der Waals surface area (Å²) in [6, 6.07) is 0. The number of nitrogens with one attached hydrogen (secondary N) is 1. The number of aromatic nitrogens is 2. The Hall–Kier alpha value is -1.85. The molecule has 1 heterocycles. The third kappa shape index (κ3) is 4.58. The number of carbonyl (C=O) groups is 2. The Morgan fingerprint density at radius 1 is 1.32 bits per heavy atom. The minimum Gasteiger partial charge on any atom is -0.481 e.